The third-order valence-corrected chi connectivity index (χ3v) is 4.40. The molecule has 0 heterocycles. The van der Waals surface area contributed by atoms with E-state index in [9.17, 15) is 5.11 Å². The Morgan fingerprint density at radius 1 is 1.26 bits per heavy atom. The fraction of sp³-hybridized carbons (Fsp3) is 0.647. The number of hydrogen-bond donors (Lipinski definition) is 1. The first kappa shape index (κ1) is 14.4. The predicted octanol–water partition coefficient (Wildman–Crippen LogP) is 3.70. The maximum atomic E-state index is 9.60. The van der Waals surface area contributed by atoms with Gasteiger partial charge in [-0.2, -0.15) is 0 Å². The Hall–Kier alpha value is -1.02. The molecular formula is C17H26O2. The minimum Gasteiger partial charge on any atom is -0.496 e. The van der Waals surface area contributed by atoms with E-state index >= 15 is 0 Å². The summed E-state index contributed by atoms with van der Waals surface area (Å²) in [5, 5.41) is 9.60. The molecule has 1 aromatic rings. The van der Waals surface area contributed by atoms with Gasteiger partial charge in [0, 0.05) is 6.61 Å². The molecule has 0 bridgehead atoms. The molecule has 0 atom stereocenters. The van der Waals surface area contributed by atoms with Crippen LogP contribution in [0.4, 0.5) is 0 Å². The zero-order chi connectivity index (χ0) is 14.1. The Bertz CT molecular complexity index is 434. The van der Waals surface area contributed by atoms with Crippen molar-refractivity contribution in [1.29, 1.82) is 0 Å². The zero-order valence-electron chi connectivity index (χ0n) is 12.6. The van der Waals surface area contributed by atoms with Gasteiger partial charge in [0.05, 0.1) is 7.11 Å². The highest BCUT2D eigenvalue weighted by molar-refractivity contribution is 5.42. The first-order chi connectivity index (χ1) is 8.90. The lowest BCUT2D eigenvalue weighted by Crippen LogP contribution is -2.35. The Morgan fingerprint density at radius 2 is 1.95 bits per heavy atom. The largest absolute Gasteiger partial charge is 0.496 e. The number of aliphatic hydroxyl groups excluding tert-OH is 1. The Kier molecular flexibility index (Phi) is 3.91. The van der Waals surface area contributed by atoms with E-state index in [1.54, 1.807) is 7.11 Å². The Labute approximate surface area is 116 Å². The smallest absolute Gasteiger partial charge is 0.122 e. The number of rotatable bonds is 4. The maximum Gasteiger partial charge on any atom is 0.122 e. The Morgan fingerprint density at radius 3 is 2.37 bits per heavy atom. The molecule has 2 nitrogen and oxygen atoms in total. The quantitative estimate of drug-likeness (QED) is 0.896. The molecule has 106 valence electrons. The van der Waals surface area contributed by atoms with Gasteiger partial charge >= 0.3 is 0 Å². The summed E-state index contributed by atoms with van der Waals surface area (Å²) in [7, 11) is 1.73. The van der Waals surface area contributed by atoms with Crippen molar-refractivity contribution in [2.24, 2.45) is 5.41 Å². The molecule has 0 aliphatic heterocycles. The van der Waals surface area contributed by atoms with Crippen LogP contribution in [0.25, 0.3) is 0 Å². The number of hydrogen-bond acceptors (Lipinski definition) is 2. The maximum absolute atomic E-state index is 9.60. The second-order valence-corrected chi connectivity index (χ2v) is 6.97. The van der Waals surface area contributed by atoms with Gasteiger partial charge in [-0.3, -0.25) is 0 Å². The molecule has 0 spiro atoms. The summed E-state index contributed by atoms with van der Waals surface area (Å²) in [6, 6.07) is 6.47. The summed E-state index contributed by atoms with van der Waals surface area (Å²) in [4.78, 5) is 0. The lowest BCUT2D eigenvalue weighted by atomic mass is 9.66. The van der Waals surface area contributed by atoms with Crippen LogP contribution in [0.2, 0.25) is 0 Å². The molecule has 1 saturated carbocycles. The average Bonchev–Trinajstić information content (AvgIpc) is 2.32. The van der Waals surface area contributed by atoms with E-state index < -0.39 is 0 Å². The highest BCUT2D eigenvalue weighted by Gasteiger charge is 2.36. The minimum absolute atomic E-state index is 0.0767. The van der Waals surface area contributed by atoms with Gasteiger partial charge in [0.2, 0.25) is 0 Å². The van der Waals surface area contributed by atoms with Gasteiger partial charge in [-0.05, 0) is 47.3 Å². The third kappa shape index (κ3) is 2.94. The molecular weight excluding hydrogens is 236 g/mol. The SMILES string of the molecule is COc1ccc(CC2(CO)CCC2)cc1C(C)(C)C. The van der Waals surface area contributed by atoms with E-state index in [0.717, 1.165) is 25.0 Å². The van der Waals surface area contributed by atoms with E-state index in [2.05, 4.69) is 39.0 Å². The summed E-state index contributed by atoms with van der Waals surface area (Å²) in [5.41, 5.74) is 2.79. The van der Waals surface area contributed by atoms with Crippen molar-refractivity contribution in [2.45, 2.75) is 51.9 Å². The van der Waals surface area contributed by atoms with Gasteiger partial charge in [0.25, 0.3) is 0 Å². The van der Waals surface area contributed by atoms with Crippen molar-refractivity contribution in [3.05, 3.63) is 29.3 Å². The van der Waals surface area contributed by atoms with Gasteiger partial charge in [0.15, 0.2) is 0 Å². The third-order valence-electron chi connectivity index (χ3n) is 4.40. The van der Waals surface area contributed by atoms with Gasteiger partial charge in [-0.1, -0.05) is 39.3 Å². The fourth-order valence-electron chi connectivity index (χ4n) is 2.95. The molecule has 0 aromatic heterocycles. The van der Waals surface area contributed by atoms with Crippen LogP contribution in [0, 0.1) is 5.41 Å². The molecule has 2 heteroatoms. The second kappa shape index (κ2) is 5.16. The van der Waals surface area contributed by atoms with Crippen LogP contribution in [0.15, 0.2) is 18.2 Å². The molecule has 1 aliphatic rings. The monoisotopic (exact) mass is 262 g/mol. The standard InChI is InChI=1S/C17H26O2/c1-16(2,3)14-10-13(6-7-15(14)19-4)11-17(12-18)8-5-9-17/h6-7,10,18H,5,8-9,11-12H2,1-4H3. The molecule has 1 N–H and O–H groups in total. The molecule has 2 rings (SSSR count). The fourth-order valence-corrected chi connectivity index (χ4v) is 2.95. The number of methoxy groups -OCH3 is 1. The summed E-state index contributed by atoms with van der Waals surface area (Å²) in [6.45, 7) is 6.93. The van der Waals surface area contributed by atoms with Crippen LogP contribution in [0.3, 0.4) is 0 Å². The summed E-state index contributed by atoms with van der Waals surface area (Å²) >= 11 is 0. The van der Waals surface area contributed by atoms with E-state index in [0.29, 0.717) is 6.61 Å². The molecule has 1 fully saturated rings. The van der Waals surface area contributed by atoms with Crippen molar-refractivity contribution in [1.82, 2.24) is 0 Å². The first-order valence-electron chi connectivity index (χ1n) is 7.18. The molecule has 0 saturated heterocycles. The van der Waals surface area contributed by atoms with Gasteiger partial charge in [0.1, 0.15) is 5.75 Å². The van der Waals surface area contributed by atoms with Crippen LogP contribution >= 0.6 is 0 Å². The van der Waals surface area contributed by atoms with Crippen molar-refractivity contribution >= 4 is 0 Å². The summed E-state index contributed by atoms with van der Waals surface area (Å²) in [6.07, 6.45) is 4.54. The lowest BCUT2D eigenvalue weighted by molar-refractivity contribution is 0.0450. The highest BCUT2D eigenvalue weighted by atomic mass is 16.5. The normalized spacial score (nSPS) is 17.9. The van der Waals surface area contributed by atoms with Crippen LogP contribution in [-0.2, 0) is 11.8 Å². The molecule has 0 unspecified atom stereocenters. The Balaban J connectivity index is 2.28. The number of benzene rings is 1. The van der Waals surface area contributed by atoms with Crippen molar-refractivity contribution in [2.75, 3.05) is 13.7 Å². The van der Waals surface area contributed by atoms with Crippen LogP contribution in [0.5, 0.6) is 5.75 Å². The number of ether oxygens (including phenoxy) is 1. The number of aliphatic hydroxyl groups is 1. The lowest BCUT2D eigenvalue weighted by Gasteiger charge is -2.40. The van der Waals surface area contributed by atoms with Crippen LogP contribution in [-0.4, -0.2) is 18.8 Å². The van der Waals surface area contributed by atoms with Gasteiger partial charge in [-0.25, -0.2) is 0 Å². The molecule has 0 amide bonds. The molecule has 19 heavy (non-hydrogen) atoms. The molecule has 1 aromatic carbocycles. The van der Waals surface area contributed by atoms with Crippen LogP contribution in [0.1, 0.15) is 51.2 Å². The van der Waals surface area contributed by atoms with Gasteiger partial charge < -0.3 is 9.84 Å². The van der Waals surface area contributed by atoms with E-state index in [1.165, 1.54) is 17.5 Å². The van der Waals surface area contributed by atoms with E-state index in [1.807, 2.05) is 0 Å². The molecule has 0 radical (unpaired) electrons. The zero-order valence-corrected chi connectivity index (χ0v) is 12.6. The van der Waals surface area contributed by atoms with Gasteiger partial charge in [-0.15, -0.1) is 0 Å². The predicted molar refractivity (Wildman–Crippen MR) is 78.8 cm³/mol. The van der Waals surface area contributed by atoms with Crippen LogP contribution < -0.4 is 4.74 Å². The second-order valence-electron chi connectivity index (χ2n) is 6.97. The minimum atomic E-state index is 0.0767. The highest BCUT2D eigenvalue weighted by Crippen LogP contribution is 2.44. The summed E-state index contributed by atoms with van der Waals surface area (Å²) < 4.78 is 5.47. The van der Waals surface area contributed by atoms with Crippen molar-refractivity contribution in [3.8, 4) is 5.75 Å². The van der Waals surface area contributed by atoms with Crippen molar-refractivity contribution in [3.63, 3.8) is 0 Å². The summed E-state index contributed by atoms with van der Waals surface area (Å²) in [5.74, 6) is 0.961. The van der Waals surface area contributed by atoms with E-state index in [-0.39, 0.29) is 10.8 Å². The first-order valence-corrected chi connectivity index (χ1v) is 7.18. The molecule has 1 aliphatic carbocycles. The topological polar surface area (TPSA) is 29.5 Å². The van der Waals surface area contributed by atoms with E-state index in [4.69, 9.17) is 4.74 Å². The average molecular weight is 262 g/mol. The van der Waals surface area contributed by atoms with Crippen molar-refractivity contribution < 1.29 is 9.84 Å².